The van der Waals surface area contributed by atoms with Gasteiger partial charge in [-0.05, 0) is 133 Å². The van der Waals surface area contributed by atoms with Crippen LogP contribution in [0.2, 0.25) is 5.02 Å². The Hall–Kier alpha value is -7.64. The van der Waals surface area contributed by atoms with Crippen molar-refractivity contribution < 1.29 is 37.1 Å². The van der Waals surface area contributed by atoms with Crippen LogP contribution in [0.5, 0.6) is 23.0 Å². The number of rotatable bonds is 17. The van der Waals surface area contributed by atoms with Crippen LogP contribution >= 0.6 is 11.6 Å². The first-order valence-electron chi connectivity index (χ1n) is 26.8. The maximum Gasteiger partial charge on any atom is 0.329 e. The van der Waals surface area contributed by atoms with Crippen molar-refractivity contribution in [2.24, 2.45) is 12.5 Å². The number of para-hydroxylation sites is 1. The molecule has 0 radical (unpaired) electrons. The Morgan fingerprint density at radius 3 is 2.14 bits per heavy atom. The van der Waals surface area contributed by atoms with E-state index < -0.39 is 37.5 Å². The van der Waals surface area contributed by atoms with Crippen LogP contribution in [0.1, 0.15) is 79.0 Å². The summed E-state index contributed by atoms with van der Waals surface area (Å²) >= 11 is 6.31. The number of benzene rings is 6. The van der Waals surface area contributed by atoms with Crippen LogP contribution in [-0.4, -0.2) is 107 Å². The Bertz CT molecular complexity index is 3590. The number of nitro benzene ring substituents is 1. The van der Waals surface area contributed by atoms with Gasteiger partial charge < -0.3 is 28.7 Å². The molecule has 0 bridgehead atoms. The van der Waals surface area contributed by atoms with Crippen LogP contribution in [-0.2, 0) is 21.8 Å². The Balaban J connectivity index is 0.996. The molecule has 2 aliphatic heterocycles. The van der Waals surface area contributed by atoms with Crippen molar-refractivity contribution >= 4 is 61.2 Å². The van der Waals surface area contributed by atoms with Crippen LogP contribution in [0, 0.1) is 15.5 Å². The smallest absolute Gasteiger partial charge is 0.329 e. The third-order valence-electron chi connectivity index (χ3n) is 15.9. The summed E-state index contributed by atoms with van der Waals surface area (Å²) in [4.78, 5) is 47.2. The highest BCUT2D eigenvalue weighted by Gasteiger charge is 2.33. The zero-order chi connectivity index (χ0) is 56.5. The van der Waals surface area contributed by atoms with E-state index in [-0.39, 0.29) is 39.9 Å². The topological polar surface area (TPSA) is 180 Å². The molecular formula is C61H66ClN7O10S. The van der Waals surface area contributed by atoms with E-state index in [4.69, 9.17) is 30.5 Å². The monoisotopic (exact) mass is 1120 g/mol. The zero-order valence-electron chi connectivity index (χ0n) is 45.8. The van der Waals surface area contributed by atoms with Crippen molar-refractivity contribution in [2.45, 2.75) is 62.9 Å². The number of nitrogens with zero attached hydrogens (tertiary/aromatic N) is 6. The molecule has 3 heterocycles. The van der Waals surface area contributed by atoms with Crippen LogP contribution in [0.4, 0.5) is 17.1 Å². The Kier molecular flexibility index (Phi) is 16.2. The molecule has 6 aromatic carbocycles. The van der Waals surface area contributed by atoms with Crippen molar-refractivity contribution in [1.82, 2.24) is 18.8 Å². The van der Waals surface area contributed by atoms with Crippen molar-refractivity contribution in [3.05, 3.63) is 181 Å². The maximum absolute atomic E-state index is 14.8. The molecule has 19 heteroatoms. The molecule has 1 aliphatic carbocycles. The minimum Gasteiger partial charge on any atom is -0.497 e. The van der Waals surface area contributed by atoms with Crippen molar-refractivity contribution in [2.75, 3.05) is 77.0 Å². The minimum atomic E-state index is -4.70. The van der Waals surface area contributed by atoms with E-state index in [1.165, 1.54) is 39.5 Å². The number of ether oxygens (including phenoxy) is 4. The number of methoxy groups -OCH3 is 2. The lowest BCUT2D eigenvalue weighted by Crippen LogP contribution is -2.47. The van der Waals surface area contributed by atoms with Gasteiger partial charge in [-0.15, -0.1) is 0 Å². The SMILES string of the molecule is COc1ccc(C(c2ccc(OC)cc2)n2c(=O)n(C)c3c(Oc4cc(N5CCN(CC6=C(c7ccc(Cl)cc7)CC(C)(C)CC6)CC5)ccc4C(=O)NS(=O)(=O)c4ccc(N(C)C5CCOCC5)c([N+](=O)[O-])c4)cccc32)cc1. The standard InChI is InChI=1S/C61H66ClN7O10S/c1-61(2)29-26-43(51(38-61)40-10-16-44(62)17-11-40)39-66-30-32-67(33-31-66)46-18-24-50(59(70)63-80(74,75)49-23-25-52(54(37-49)69(72)73)64(3)45-27-34-78-35-28-45)56(36-46)79-55-9-7-8-53-58(55)65(4)60(71)68(53)57(41-12-19-47(76-5)20-13-41)42-14-21-48(77-6)22-15-42/h7-25,36-37,45,57H,26-35,38-39H2,1-6H3,(H,63,70). The van der Waals surface area contributed by atoms with E-state index in [1.54, 1.807) is 62.0 Å². The number of hydrogen-bond acceptors (Lipinski definition) is 13. The summed E-state index contributed by atoms with van der Waals surface area (Å²) in [6, 6.07) is 36.4. The van der Waals surface area contributed by atoms with Gasteiger partial charge in [-0.2, -0.15) is 0 Å². The summed E-state index contributed by atoms with van der Waals surface area (Å²) < 4.78 is 57.1. The fourth-order valence-electron chi connectivity index (χ4n) is 11.4. The predicted octanol–water partition coefficient (Wildman–Crippen LogP) is 10.9. The van der Waals surface area contributed by atoms with E-state index in [9.17, 15) is 28.1 Å². The molecule has 1 N–H and O–H groups in total. The molecule has 0 saturated carbocycles. The number of aromatic nitrogens is 2. The highest BCUT2D eigenvalue weighted by atomic mass is 35.5. The number of carbonyl (C=O) groups excluding carboxylic acids is 1. The lowest BCUT2D eigenvalue weighted by molar-refractivity contribution is -0.384. The van der Waals surface area contributed by atoms with Gasteiger partial charge in [0.05, 0.1) is 41.2 Å². The van der Waals surface area contributed by atoms with Gasteiger partial charge in [0.15, 0.2) is 5.75 Å². The largest absolute Gasteiger partial charge is 0.497 e. The predicted molar refractivity (Wildman–Crippen MR) is 312 cm³/mol. The molecule has 17 nitrogen and oxygen atoms in total. The summed E-state index contributed by atoms with van der Waals surface area (Å²) in [5, 5.41) is 13.2. The first-order valence-corrected chi connectivity index (χ1v) is 28.7. The first-order chi connectivity index (χ1) is 38.4. The number of carbonyl (C=O) groups is 1. The van der Waals surface area contributed by atoms with Gasteiger partial charge in [-0.1, -0.05) is 73.5 Å². The number of piperazine rings is 1. The second-order valence-corrected chi connectivity index (χ2v) is 23.7. The summed E-state index contributed by atoms with van der Waals surface area (Å²) in [6.07, 6.45) is 4.39. The average Bonchev–Trinajstić information content (AvgIpc) is 3.91. The normalized spacial score (nSPS) is 16.2. The zero-order valence-corrected chi connectivity index (χ0v) is 47.4. The van der Waals surface area contributed by atoms with Crippen LogP contribution in [0.3, 0.4) is 0 Å². The fraction of sp³-hybridized carbons (Fsp3) is 0.344. The van der Waals surface area contributed by atoms with E-state index in [0.29, 0.717) is 66.7 Å². The summed E-state index contributed by atoms with van der Waals surface area (Å²) in [7, 11) is 1.87. The van der Waals surface area contributed by atoms with Crippen molar-refractivity contribution in [1.29, 1.82) is 0 Å². The van der Waals surface area contributed by atoms with E-state index in [0.717, 1.165) is 61.8 Å². The number of amides is 1. The highest BCUT2D eigenvalue weighted by molar-refractivity contribution is 7.90. The van der Waals surface area contributed by atoms with Gasteiger partial charge in [0.25, 0.3) is 21.6 Å². The van der Waals surface area contributed by atoms with Gasteiger partial charge in [-0.3, -0.25) is 28.9 Å². The number of anilines is 2. The minimum absolute atomic E-state index is 0.0224. The summed E-state index contributed by atoms with van der Waals surface area (Å²) in [6.45, 7) is 9.31. The highest BCUT2D eigenvalue weighted by Crippen LogP contribution is 2.44. The van der Waals surface area contributed by atoms with Gasteiger partial charge in [0, 0.05) is 88.9 Å². The van der Waals surface area contributed by atoms with Crippen LogP contribution in [0.15, 0.2) is 143 Å². The number of allylic oxidation sites excluding steroid dienone is 1. The Morgan fingerprint density at radius 1 is 0.863 bits per heavy atom. The Labute approximate surface area is 471 Å². The van der Waals surface area contributed by atoms with Gasteiger partial charge in [0.1, 0.15) is 28.5 Å². The molecule has 7 aromatic rings. The number of nitrogens with one attached hydrogen (secondary N) is 1. The molecule has 80 heavy (non-hydrogen) atoms. The molecule has 0 unspecified atom stereocenters. The van der Waals surface area contributed by atoms with Crippen molar-refractivity contribution in [3.63, 3.8) is 0 Å². The van der Waals surface area contributed by atoms with Gasteiger partial charge in [0.2, 0.25) is 0 Å². The number of sulfonamides is 1. The molecule has 0 spiro atoms. The molecule has 10 rings (SSSR count). The van der Waals surface area contributed by atoms with Crippen molar-refractivity contribution in [3.8, 4) is 23.0 Å². The number of hydrogen-bond donors (Lipinski definition) is 1. The molecule has 418 valence electrons. The second-order valence-electron chi connectivity index (χ2n) is 21.6. The van der Waals surface area contributed by atoms with Crippen LogP contribution in [0.25, 0.3) is 16.6 Å². The molecule has 1 aromatic heterocycles. The third-order valence-corrected chi connectivity index (χ3v) is 17.5. The average molecular weight is 1120 g/mol. The maximum atomic E-state index is 14.8. The molecular weight excluding hydrogens is 1060 g/mol. The number of aryl methyl sites for hydroxylation is 1. The van der Waals surface area contributed by atoms with Crippen LogP contribution < -0.4 is 34.4 Å². The summed E-state index contributed by atoms with van der Waals surface area (Å²) in [5.74, 6) is 0.523. The van der Waals surface area contributed by atoms with E-state index in [2.05, 4.69) is 40.5 Å². The van der Waals surface area contributed by atoms with Gasteiger partial charge >= 0.3 is 5.69 Å². The number of fused-ring (bicyclic) bond motifs is 1. The van der Waals surface area contributed by atoms with Gasteiger partial charge in [-0.25, -0.2) is 17.9 Å². The second kappa shape index (κ2) is 23.2. The van der Waals surface area contributed by atoms with E-state index >= 15 is 0 Å². The lowest BCUT2D eigenvalue weighted by Gasteiger charge is -2.39. The number of halogens is 1. The third kappa shape index (κ3) is 11.7. The molecule has 3 aliphatic rings. The molecule has 2 saturated heterocycles. The molecule has 2 fully saturated rings. The lowest BCUT2D eigenvalue weighted by atomic mass is 9.72. The quantitative estimate of drug-likeness (QED) is 0.0673. The molecule has 1 amide bonds. The molecule has 0 atom stereocenters. The van der Waals surface area contributed by atoms with E-state index in [1.807, 2.05) is 66.7 Å². The Morgan fingerprint density at radius 2 is 1.51 bits per heavy atom. The summed E-state index contributed by atoms with van der Waals surface area (Å²) in [5.41, 5.74) is 6.83. The fourth-order valence-corrected chi connectivity index (χ4v) is 12.5. The number of imidazole rings is 1. The first kappa shape index (κ1) is 55.7. The number of nitro groups is 1.